The SMILES string of the molecule is CCNC(=NCCCOC)NCCc1ccc(NC(=O)OC(C)(C)C)cc1.I. The van der Waals surface area contributed by atoms with Crippen LogP contribution in [0.4, 0.5) is 10.5 Å². The molecule has 0 radical (unpaired) electrons. The summed E-state index contributed by atoms with van der Waals surface area (Å²) in [6.45, 7) is 10.6. The van der Waals surface area contributed by atoms with E-state index in [-0.39, 0.29) is 24.0 Å². The minimum absolute atomic E-state index is 0. The van der Waals surface area contributed by atoms with Crippen molar-refractivity contribution in [1.29, 1.82) is 0 Å². The summed E-state index contributed by atoms with van der Waals surface area (Å²) in [6.07, 6.45) is 1.31. The van der Waals surface area contributed by atoms with Gasteiger partial charge in [0.1, 0.15) is 5.60 Å². The molecule has 1 amide bonds. The summed E-state index contributed by atoms with van der Waals surface area (Å²) in [5, 5.41) is 9.29. The number of halogens is 1. The van der Waals surface area contributed by atoms with E-state index >= 15 is 0 Å². The van der Waals surface area contributed by atoms with Gasteiger partial charge in [0, 0.05) is 39.0 Å². The number of nitrogens with one attached hydrogen (secondary N) is 3. The van der Waals surface area contributed by atoms with Crippen molar-refractivity contribution in [3.05, 3.63) is 29.8 Å². The van der Waals surface area contributed by atoms with Crippen molar-refractivity contribution in [2.24, 2.45) is 4.99 Å². The molecular weight excluding hydrogens is 471 g/mol. The second-order valence-corrected chi connectivity index (χ2v) is 7.11. The number of aliphatic imine (C=N–C) groups is 1. The Bertz CT molecular complexity index is 586. The van der Waals surface area contributed by atoms with Crippen LogP contribution in [0.25, 0.3) is 0 Å². The van der Waals surface area contributed by atoms with E-state index in [2.05, 4.69) is 20.9 Å². The predicted octanol–water partition coefficient (Wildman–Crippen LogP) is 3.79. The van der Waals surface area contributed by atoms with Crippen LogP contribution in [0.3, 0.4) is 0 Å². The van der Waals surface area contributed by atoms with Crippen LogP contribution in [0, 0.1) is 0 Å². The molecule has 0 aliphatic heterocycles. The molecule has 1 aromatic rings. The van der Waals surface area contributed by atoms with Gasteiger partial charge in [0.05, 0.1) is 0 Å². The Hall–Kier alpha value is -1.55. The zero-order valence-electron chi connectivity index (χ0n) is 17.6. The topological polar surface area (TPSA) is 84.0 Å². The minimum Gasteiger partial charge on any atom is -0.444 e. The number of nitrogens with zero attached hydrogens (tertiary/aromatic N) is 1. The monoisotopic (exact) mass is 506 g/mol. The van der Waals surface area contributed by atoms with E-state index in [1.807, 2.05) is 52.0 Å². The first kappa shape index (κ1) is 26.4. The van der Waals surface area contributed by atoms with Crippen LogP contribution in [0.1, 0.15) is 39.7 Å². The van der Waals surface area contributed by atoms with E-state index in [1.165, 1.54) is 5.56 Å². The van der Waals surface area contributed by atoms with Gasteiger partial charge in [0.15, 0.2) is 5.96 Å². The second kappa shape index (κ2) is 14.4. The molecule has 3 N–H and O–H groups in total. The summed E-state index contributed by atoms with van der Waals surface area (Å²) in [5.74, 6) is 0.816. The molecule has 0 spiro atoms. The van der Waals surface area contributed by atoms with Gasteiger partial charge in [-0.1, -0.05) is 12.1 Å². The first-order chi connectivity index (χ1) is 12.8. The Morgan fingerprint density at radius 2 is 1.82 bits per heavy atom. The number of rotatable bonds is 9. The number of guanidine groups is 1. The Morgan fingerprint density at radius 1 is 1.14 bits per heavy atom. The summed E-state index contributed by atoms with van der Waals surface area (Å²) >= 11 is 0. The minimum atomic E-state index is -0.509. The number of anilines is 1. The lowest BCUT2D eigenvalue weighted by Gasteiger charge is -2.19. The molecule has 0 saturated heterocycles. The van der Waals surface area contributed by atoms with Crippen LogP contribution >= 0.6 is 24.0 Å². The fourth-order valence-corrected chi connectivity index (χ4v) is 2.24. The van der Waals surface area contributed by atoms with Gasteiger partial charge in [-0.25, -0.2) is 4.79 Å². The molecule has 1 rings (SSSR count). The third-order valence-electron chi connectivity index (χ3n) is 3.43. The molecule has 1 aromatic carbocycles. The van der Waals surface area contributed by atoms with Gasteiger partial charge in [0.25, 0.3) is 0 Å². The van der Waals surface area contributed by atoms with Crippen molar-refractivity contribution in [3.63, 3.8) is 0 Å². The van der Waals surface area contributed by atoms with Crippen molar-refractivity contribution in [2.45, 2.75) is 46.1 Å². The maximum absolute atomic E-state index is 11.8. The van der Waals surface area contributed by atoms with E-state index in [0.717, 1.165) is 38.4 Å². The van der Waals surface area contributed by atoms with Crippen molar-refractivity contribution >= 4 is 41.7 Å². The van der Waals surface area contributed by atoms with Crippen LogP contribution < -0.4 is 16.0 Å². The highest BCUT2D eigenvalue weighted by Crippen LogP contribution is 2.13. The molecule has 0 aliphatic carbocycles. The molecule has 8 heteroatoms. The van der Waals surface area contributed by atoms with Crippen LogP contribution in [0.15, 0.2) is 29.3 Å². The normalized spacial score (nSPS) is 11.4. The average molecular weight is 506 g/mol. The van der Waals surface area contributed by atoms with Gasteiger partial charge >= 0.3 is 6.09 Å². The highest BCUT2D eigenvalue weighted by Gasteiger charge is 2.16. The van der Waals surface area contributed by atoms with Gasteiger partial charge in [-0.05, 0) is 58.2 Å². The van der Waals surface area contributed by atoms with Crippen LogP contribution in [0.5, 0.6) is 0 Å². The maximum atomic E-state index is 11.8. The van der Waals surface area contributed by atoms with Gasteiger partial charge in [-0.3, -0.25) is 10.3 Å². The zero-order valence-corrected chi connectivity index (χ0v) is 20.0. The van der Waals surface area contributed by atoms with E-state index in [4.69, 9.17) is 9.47 Å². The Balaban J connectivity index is 0.00000729. The number of carbonyl (C=O) groups is 1. The molecule has 7 nitrogen and oxygen atoms in total. The molecule has 0 heterocycles. The molecule has 28 heavy (non-hydrogen) atoms. The lowest BCUT2D eigenvalue weighted by molar-refractivity contribution is 0.0636. The van der Waals surface area contributed by atoms with Crippen LogP contribution in [-0.4, -0.2) is 51.0 Å². The molecule has 0 aromatic heterocycles. The molecule has 0 fully saturated rings. The number of benzene rings is 1. The predicted molar refractivity (Wildman–Crippen MR) is 126 cm³/mol. The quantitative estimate of drug-likeness (QED) is 0.206. The van der Waals surface area contributed by atoms with E-state index < -0.39 is 11.7 Å². The third-order valence-corrected chi connectivity index (χ3v) is 3.43. The lowest BCUT2D eigenvalue weighted by atomic mass is 10.1. The molecule has 0 saturated carbocycles. The number of amides is 1. The van der Waals surface area contributed by atoms with Gasteiger partial charge in [-0.2, -0.15) is 0 Å². The van der Waals surface area contributed by atoms with Crippen molar-refractivity contribution in [1.82, 2.24) is 10.6 Å². The van der Waals surface area contributed by atoms with Gasteiger partial charge in [0.2, 0.25) is 0 Å². The Morgan fingerprint density at radius 3 is 2.39 bits per heavy atom. The number of carbonyl (C=O) groups excluding carboxylic acids is 1. The first-order valence-corrected chi connectivity index (χ1v) is 9.44. The van der Waals surface area contributed by atoms with E-state index in [1.54, 1.807) is 7.11 Å². The summed E-state index contributed by atoms with van der Waals surface area (Å²) < 4.78 is 10.3. The fraction of sp³-hybridized carbons (Fsp3) is 0.600. The fourth-order valence-electron chi connectivity index (χ4n) is 2.24. The number of methoxy groups -OCH3 is 1. The van der Waals surface area contributed by atoms with Gasteiger partial charge in [-0.15, -0.1) is 24.0 Å². The maximum Gasteiger partial charge on any atom is 0.412 e. The Kier molecular flexibility index (Phi) is 13.6. The highest BCUT2D eigenvalue weighted by atomic mass is 127. The summed E-state index contributed by atoms with van der Waals surface area (Å²) in [6, 6.07) is 7.75. The second-order valence-electron chi connectivity index (χ2n) is 7.11. The van der Waals surface area contributed by atoms with Crippen molar-refractivity contribution in [3.8, 4) is 0 Å². The number of hydrogen-bond acceptors (Lipinski definition) is 4. The molecule has 0 bridgehead atoms. The van der Waals surface area contributed by atoms with Crippen molar-refractivity contribution in [2.75, 3.05) is 38.7 Å². The van der Waals surface area contributed by atoms with E-state index in [9.17, 15) is 4.79 Å². The third kappa shape index (κ3) is 12.8. The molecule has 0 unspecified atom stereocenters. The largest absolute Gasteiger partial charge is 0.444 e. The van der Waals surface area contributed by atoms with E-state index in [0.29, 0.717) is 12.3 Å². The van der Waals surface area contributed by atoms with Crippen LogP contribution in [0.2, 0.25) is 0 Å². The summed E-state index contributed by atoms with van der Waals surface area (Å²) in [4.78, 5) is 16.3. The standard InChI is InChI=1S/C20H34N4O3.HI/c1-6-21-18(22-13-7-15-26-5)23-14-12-16-8-10-17(11-9-16)24-19(25)27-20(2,3)4;/h8-11H,6-7,12-15H2,1-5H3,(H,24,25)(H2,21,22,23);1H. The average Bonchev–Trinajstić information content (AvgIpc) is 2.58. The molecular formula is C20H35IN4O3. The first-order valence-electron chi connectivity index (χ1n) is 9.44. The van der Waals surface area contributed by atoms with Crippen molar-refractivity contribution < 1.29 is 14.3 Å². The Labute approximate surface area is 186 Å². The summed E-state index contributed by atoms with van der Waals surface area (Å²) in [5.41, 5.74) is 1.38. The zero-order chi connectivity index (χ0) is 20.1. The number of ether oxygens (including phenoxy) is 2. The van der Waals surface area contributed by atoms with Crippen LogP contribution in [-0.2, 0) is 15.9 Å². The lowest BCUT2D eigenvalue weighted by Crippen LogP contribution is -2.38. The number of hydrogen-bond donors (Lipinski definition) is 3. The summed E-state index contributed by atoms with van der Waals surface area (Å²) in [7, 11) is 1.70. The molecule has 160 valence electrons. The molecule has 0 atom stereocenters. The van der Waals surface area contributed by atoms with Gasteiger partial charge < -0.3 is 20.1 Å². The highest BCUT2D eigenvalue weighted by molar-refractivity contribution is 14.0. The smallest absolute Gasteiger partial charge is 0.412 e. The molecule has 0 aliphatic rings.